The fourth-order valence-corrected chi connectivity index (χ4v) is 3.30. The zero-order valence-electron chi connectivity index (χ0n) is 15.0. The van der Waals surface area contributed by atoms with E-state index >= 15 is 0 Å². The third-order valence-corrected chi connectivity index (χ3v) is 4.93. The van der Waals surface area contributed by atoms with Gasteiger partial charge in [0.25, 0.3) is 0 Å². The molecule has 1 fully saturated rings. The summed E-state index contributed by atoms with van der Waals surface area (Å²) >= 11 is 6.16. The van der Waals surface area contributed by atoms with Crippen molar-refractivity contribution in [3.63, 3.8) is 0 Å². The van der Waals surface area contributed by atoms with Crippen LogP contribution in [0.1, 0.15) is 42.5 Å². The molecule has 2 heterocycles. The molecule has 0 bridgehead atoms. The highest BCUT2D eigenvalue weighted by Gasteiger charge is 2.18. The Kier molecular flexibility index (Phi) is 5.93. The van der Waals surface area contributed by atoms with Gasteiger partial charge in [-0.05, 0) is 44.7 Å². The molecule has 0 atom stereocenters. The summed E-state index contributed by atoms with van der Waals surface area (Å²) in [6.45, 7) is 2.21. The number of carbonyl (C=O) groups excluding carboxylic acids is 1. The molecule has 0 spiro atoms. The molecule has 1 aliphatic carbocycles. The number of ether oxygens (including phenoxy) is 1. The predicted molar refractivity (Wildman–Crippen MR) is 101 cm³/mol. The fraction of sp³-hybridized carbons (Fsp3) is 0.421. The lowest BCUT2D eigenvalue weighted by Crippen LogP contribution is -2.22. The summed E-state index contributed by atoms with van der Waals surface area (Å²) in [5.74, 6) is 0.398. The molecule has 1 amide bonds. The first-order valence-corrected chi connectivity index (χ1v) is 9.18. The van der Waals surface area contributed by atoms with Gasteiger partial charge >= 0.3 is 0 Å². The topological polar surface area (TPSA) is 69.0 Å². The van der Waals surface area contributed by atoms with Gasteiger partial charge in [-0.2, -0.15) is 5.10 Å². The second-order valence-corrected chi connectivity index (χ2v) is 6.81. The Morgan fingerprint density at radius 2 is 2.23 bits per heavy atom. The van der Waals surface area contributed by atoms with E-state index in [1.54, 1.807) is 24.0 Å². The number of aryl methyl sites for hydroxylation is 2. The van der Waals surface area contributed by atoms with Gasteiger partial charge in [-0.3, -0.25) is 9.48 Å². The second kappa shape index (κ2) is 8.36. The Hall–Kier alpha value is -2.34. The molecule has 1 saturated carbocycles. The summed E-state index contributed by atoms with van der Waals surface area (Å²) in [5, 5.41) is 7.59. The lowest BCUT2D eigenvalue weighted by Gasteiger charge is -2.15. The van der Waals surface area contributed by atoms with Gasteiger partial charge in [0.15, 0.2) is 0 Å². The number of nitrogens with zero attached hydrogens (tertiary/aromatic N) is 3. The lowest BCUT2D eigenvalue weighted by atomic mass is 10.2. The average Bonchev–Trinajstić information content (AvgIpc) is 3.21. The Labute approximate surface area is 158 Å². The number of nitrogens with one attached hydrogen (secondary N) is 1. The van der Waals surface area contributed by atoms with Crippen molar-refractivity contribution in [3.8, 4) is 5.88 Å². The van der Waals surface area contributed by atoms with Gasteiger partial charge in [-0.1, -0.05) is 17.7 Å². The summed E-state index contributed by atoms with van der Waals surface area (Å²) < 4.78 is 7.57. The van der Waals surface area contributed by atoms with E-state index in [0.717, 1.165) is 29.7 Å². The van der Waals surface area contributed by atoms with E-state index in [-0.39, 0.29) is 12.0 Å². The zero-order valence-corrected chi connectivity index (χ0v) is 15.8. The van der Waals surface area contributed by atoms with Crippen LogP contribution in [0.4, 0.5) is 0 Å². The Morgan fingerprint density at radius 3 is 2.92 bits per heavy atom. The van der Waals surface area contributed by atoms with Crippen LogP contribution < -0.4 is 10.1 Å². The van der Waals surface area contributed by atoms with Crippen molar-refractivity contribution >= 4 is 23.6 Å². The molecular weight excluding hydrogens is 352 g/mol. The van der Waals surface area contributed by atoms with E-state index in [1.807, 2.05) is 19.1 Å². The largest absolute Gasteiger partial charge is 0.474 e. The van der Waals surface area contributed by atoms with E-state index in [2.05, 4.69) is 15.4 Å². The van der Waals surface area contributed by atoms with Crippen LogP contribution in [-0.2, 0) is 18.4 Å². The van der Waals surface area contributed by atoms with Gasteiger partial charge in [0.2, 0.25) is 11.8 Å². The molecule has 138 valence electrons. The molecule has 26 heavy (non-hydrogen) atoms. The first kappa shape index (κ1) is 18.5. The first-order chi connectivity index (χ1) is 12.5. The van der Waals surface area contributed by atoms with Crippen LogP contribution >= 0.6 is 11.6 Å². The average molecular weight is 375 g/mol. The number of hydrogen-bond donors (Lipinski definition) is 1. The van der Waals surface area contributed by atoms with Crippen molar-refractivity contribution in [2.24, 2.45) is 7.05 Å². The first-order valence-electron chi connectivity index (χ1n) is 8.80. The molecule has 0 saturated heterocycles. The van der Waals surface area contributed by atoms with Gasteiger partial charge in [-0.25, -0.2) is 4.98 Å². The molecule has 1 aliphatic rings. The third-order valence-electron chi connectivity index (χ3n) is 4.48. The van der Waals surface area contributed by atoms with Gasteiger partial charge < -0.3 is 10.1 Å². The molecule has 7 heteroatoms. The Bertz CT molecular complexity index is 810. The molecule has 2 aromatic rings. The van der Waals surface area contributed by atoms with Crippen LogP contribution in [0.3, 0.4) is 0 Å². The molecule has 1 N–H and O–H groups in total. The maximum atomic E-state index is 12.1. The smallest absolute Gasteiger partial charge is 0.244 e. The van der Waals surface area contributed by atoms with Gasteiger partial charge in [0, 0.05) is 37.0 Å². The predicted octanol–water partition coefficient (Wildman–Crippen LogP) is 3.43. The van der Waals surface area contributed by atoms with Crippen molar-refractivity contribution in [1.29, 1.82) is 0 Å². The molecule has 0 aromatic carbocycles. The summed E-state index contributed by atoms with van der Waals surface area (Å²) in [7, 11) is 1.76. The van der Waals surface area contributed by atoms with Crippen molar-refractivity contribution in [2.45, 2.75) is 45.3 Å². The highest BCUT2D eigenvalue weighted by Crippen LogP contribution is 2.25. The van der Waals surface area contributed by atoms with E-state index in [1.165, 1.54) is 18.9 Å². The molecular formula is C19H23ClN4O2. The summed E-state index contributed by atoms with van der Waals surface area (Å²) in [4.78, 5) is 16.5. The van der Waals surface area contributed by atoms with Crippen LogP contribution in [0.2, 0.25) is 5.15 Å². The fourth-order valence-electron chi connectivity index (χ4n) is 3.06. The SMILES string of the molecule is Cc1nn(C)c(Cl)c1C=CC(=O)NCc1cccnc1OC1CCCC1. The number of carbonyl (C=O) groups is 1. The standard InChI is InChI=1S/C19H23ClN4O2/c1-13-16(18(20)24(2)23-13)9-10-17(25)22-12-14-6-5-11-21-19(14)26-15-7-3-4-8-15/h5-6,9-11,15H,3-4,7-8,12H2,1-2H3,(H,22,25). The number of aromatic nitrogens is 3. The minimum Gasteiger partial charge on any atom is -0.474 e. The van der Waals surface area contributed by atoms with E-state index in [4.69, 9.17) is 16.3 Å². The third kappa shape index (κ3) is 4.43. The van der Waals surface area contributed by atoms with Crippen LogP contribution in [0.5, 0.6) is 5.88 Å². The van der Waals surface area contributed by atoms with Gasteiger partial charge in [0.05, 0.1) is 5.69 Å². The normalized spacial score (nSPS) is 14.9. The van der Waals surface area contributed by atoms with Crippen LogP contribution in [-0.4, -0.2) is 26.8 Å². The maximum absolute atomic E-state index is 12.1. The Morgan fingerprint density at radius 1 is 1.46 bits per heavy atom. The van der Waals surface area contributed by atoms with Crippen molar-refractivity contribution < 1.29 is 9.53 Å². The van der Waals surface area contributed by atoms with Gasteiger partial charge in [-0.15, -0.1) is 0 Å². The number of amides is 1. The van der Waals surface area contributed by atoms with Crippen LogP contribution in [0.25, 0.3) is 6.08 Å². The van der Waals surface area contributed by atoms with Crippen molar-refractivity contribution in [1.82, 2.24) is 20.1 Å². The molecule has 0 aliphatic heterocycles. The zero-order chi connectivity index (χ0) is 18.5. The quantitative estimate of drug-likeness (QED) is 0.786. The molecule has 0 unspecified atom stereocenters. The highest BCUT2D eigenvalue weighted by molar-refractivity contribution is 6.31. The second-order valence-electron chi connectivity index (χ2n) is 6.46. The van der Waals surface area contributed by atoms with E-state index in [0.29, 0.717) is 17.6 Å². The molecule has 0 radical (unpaired) electrons. The minimum atomic E-state index is -0.208. The van der Waals surface area contributed by atoms with E-state index in [9.17, 15) is 4.79 Å². The van der Waals surface area contributed by atoms with Gasteiger partial charge in [0.1, 0.15) is 11.3 Å². The monoisotopic (exact) mass is 374 g/mol. The van der Waals surface area contributed by atoms with Crippen molar-refractivity contribution in [2.75, 3.05) is 0 Å². The van der Waals surface area contributed by atoms with Crippen LogP contribution in [0.15, 0.2) is 24.4 Å². The number of pyridine rings is 1. The molecule has 6 nitrogen and oxygen atoms in total. The number of rotatable bonds is 6. The lowest BCUT2D eigenvalue weighted by molar-refractivity contribution is -0.116. The summed E-state index contributed by atoms with van der Waals surface area (Å²) in [6, 6.07) is 3.76. The molecule has 3 rings (SSSR count). The van der Waals surface area contributed by atoms with Crippen LogP contribution in [0, 0.1) is 6.92 Å². The highest BCUT2D eigenvalue weighted by atomic mass is 35.5. The summed E-state index contributed by atoms with van der Waals surface area (Å²) in [5.41, 5.74) is 2.40. The number of halogens is 1. The maximum Gasteiger partial charge on any atom is 0.244 e. The Balaban J connectivity index is 1.60. The van der Waals surface area contributed by atoms with Crippen molar-refractivity contribution in [3.05, 3.63) is 46.4 Å². The minimum absolute atomic E-state index is 0.208. The van der Waals surface area contributed by atoms with E-state index < -0.39 is 0 Å². The summed E-state index contributed by atoms with van der Waals surface area (Å²) in [6.07, 6.45) is 9.61. The molecule has 2 aromatic heterocycles. The number of hydrogen-bond acceptors (Lipinski definition) is 4.